The molecule has 130 valence electrons. The summed E-state index contributed by atoms with van der Waals surface area (Å²) in [6.07, 6.45) is 3.70. The molecule has 24 heavy (non-hydrogen) atoms. The molecule has 8 nitrogen and oxygen atoms in total. The van der Waals surface area contributed by atoms with Gasteiger partial charge in [-0.05, 0) is 25.5 Å². The van der Waals surface area contributed by atoms with Crippen LogP contribution < -0.4 is 10.1 Å². The first-order valence-electron chi connectivity index (χ1n) is 7.65. The average Bonchev–Trinajstić information content (AvgIpc) is 2.93. The van der Waals surface area contributed by atoms with Crippen LogP contribution in [0.3, 0.4) is 0 Å². The number of methoxy groups -OCH3 is 1. The molecule has 0 saturated heterocycles. The Morgan fingerprint density at radius 1 is 1.50 bits per heavy atom. The normalized spacial score (nSPS) is 12.1. The molecule has 2 rings (SSSR count). The lowest BCUT2D eigenvalue weighted by Gasteiger charge is -2.15. The lowest BCUT2D eigenvalue weighted by molar-refractivity contribution is -0.385. The van der Waals surface area contributed by atoms with Gasteiger partial charge in [-0.3, -0.25) is 10.1 Å². The van der Waals surface area contributed by atoms with Crippen molar-refractivity contribution in [3.63, 3.8) is 0 Å². The summed E-state index contributed by atoms with van der Waals surface area (Å²) in [5, 5.41) is 24.0. The predicted octanol–water partition coefficient (Wildman–Crippen LogP) is 2.24. The van der Waals surface area contributed by atoms with Gasteiger partial charge in [0.15, 0.2) is 11.5 Å². The van der Waals surface area contributed by atoms with E-state index in [1.54, 1.807) is 6.20 Å². The van der Waals surface area contributed by atoms with Crippen molar-refractivity contribution in [2.45, 2.75) is 26.9 Å². The van der Waals surface area contributed by atoms with E-state index < -0.39 is 4.92 Å². The van der Waals surface area contributed by atoms with Gasteiger partial charge in [0.05, 0.1) is 18.1 Å². The molecule has 0 bridgehead atoms. The van der Waals surface area contributed by atoms with Crippen LogP contribution in [0.15, 0.2) is 24.5 Å². The Bertz CT molecular complexity index is 714. The second-order valence-corrected chi connectivity index (χ2v) is 5.77. The molecule has 0 saturated carbocycles. The number of hydrogen-bond acceptors (Lipinski definition) is 6. The van der Waals surface area contributed by atoms with Gasteiger partial charge in [-0.2, -0.15) is 0 Å². The van der Waals surface area contributed by atoms with Crippen LogP contribution in [-0.2, 0) is 13.1 Å². The van der Waals surface area contributed by atoms with E-state index in [2.05, 4.69) is 21.8 Å². The van der Waals surface area contributed by atoms with Gasteiger partial charge < -0.3 is 19.7 Å². The van der Waals surface area contributed by atoms with E-state index in [-0.39, 0.29) is 17.2 Å². The van der Waals surface area contributed by atoms with Gasteiger partial charge in [-0.25, -0.2) is 4.98 Å². The number of aryl methyl sites for hydroxylation is 1. The smallest absolute Gasteiger partial charge is 0.277 e. The minimum Gasteiger partial charge on any atom is -0.504 e. The van der Waals surface area contributed by atoms with E-state index in [0.717, 1.165) is 18.4 Å². The summed E-state index contributed by atoms with van der Waals surface area (Å²) in [7, 11) is 1.41. The van der Waals surface area contributed by atoms with Crippen LogP contribution in [-0.4, -0.2) is 33.2 Å². The Morgan fingerprint density at radius 2 is 2.25 bits per heavy atom. The molecule has 1 heterocycles. The number of ether oxygens (including phenoxy) is 1. The zero-order valence-electron chi connectivity index (χ0n) is 14.0. The molecule has 1 aromatic carbocycles. The zero-order chi connectivity index (χ0) is 17.7. The Kier molecular flexibility index (Phi) is 5.75. The number of rotatable bonds is 8. The first-order chi connectivity index (χ1) is 11.4. The fourth-order valence-corrected chi connectivity index (χ4v) is 2.52. The topological polar surface area (TPSA) is 102 Å². The molecule has 1 atom stereocenters. The number of imidazole rings is 1. The van der Waals surface area contributed by atoms with Crippen LogP contribution >= 0.6 is 0 Å². The van der Waals surface area contributed by atoms with Gasteiger partial charge in [-0.1, -0.05) is 6.92 Å². The molecule has 2 N–H and O–H groups in total. The highest BCUT2D eigenvalue weighted by Gasteiger charge is 2.18. The second kappa shape index (κ2) is 7.78. The minimum absolute atomic E-state index is 0.126. The molecule has 1 unspecified atom stereocenters. The Labute approximate surface area is 140 Å². The lowest BCUT2D eigenvalue weighted by atomic mass is 10.1. The minimum atomic E-state index is -0.506. The number of phenols is 1. The van der Waals surface area contributed by atoms with Crippen molar-refractivity contribution < 1.29 is 14.8 Å². The molecule has 8 heteroatoms. The van der Waals surface area contributed by atoms with Gasteiger partial charge in [0.2, 0.25) is 0 Å². The number of nitrogens with zero attached hydrogens (tertiary/aromatic N) is 3. The van der Waals surface area contributed by atoms with Crippen LogP contribution in [0.25, 0.3) is 0 Å². The molecular weight excluding hydrogens is 312 g/mol. The average molecular weight is 334 g/mol. The van der Waals surface area contributed by atoms with Crippen molar-refractivity contribution in [3.05, 3.63) is 46.0 Å². The highest BCUT2D eigenvalue weighted by atomic mass is 16.6. The molecule has 0 aliphatic heterocycles. The van der Waals surface area contributed by atoms with Crippen LogP contribution in [0.4, 0.5) is 5.69 Å². The van der Waals surface area contributed by atoms with Gasteiger partial charge in [0.1, 0.15) is 5.82 Å². The number of aromatic nitrogens is 2. The number of nitrogens with one attached hydrogen (secondary N) is 1. The van der Waals surface area contributed by atoms with Gasteiger partial charge in [0.25, 0.3) is 5.69 Å². The Hall–Kier alpha value is -2.61. The Balaban J connectivity index is 1.98. The molecule has 2 aromatic rings. The number of hydrogen-bond donors (Lipinski definition) is 2. The SMILES string of the molecule is COc1cc(CNCC(C)Cn2ccnc2C)c([N+](=O)[O-])cc1O. The van der Waals surface area contributed by atoms with E-state index in [1.165, 1.54) is 13.2 Å². The standard InChI is InChI=1S/C16H22N4O4/c1-11(10-19-5-4-18-12(19)2)8-17-9-13-6-16(24-3)15(21)7-14(13)20(22)23/h4-7,11,17,21H,8-10H2,1-3H3. The Morgan fingerprint density at radius 3 is 2.83 bits per heavy atom. The van der Waals surface area contributed by atoms with Gasteiger partial charge in [-0.15, -0.1) is 0 Å². The molecule has 0 spiro atoms. The molecule has 0 aliphatic carbocycles. The predicted molar refractivity (Wildman–Crippen MR) is 89.1 cm³/mol. The summed E-state index contributed by atoms with van der Waals surface area (Å²) >= 11 is 0. The maximum Gasteiger partial charge on any atom is 0.277 e. The van der Waals surface area contributed by atoms with Crippen LogP contribution in [0.1, 0.15) is 18.3 Å². The van der Waals surface area contributed by atoms with Crippen LogP contribution in [0.2, 0.25) is 0 Å². The highest BCUT2D eigenvalue weighted by Crippen LogP contribution is 2.33. The fourth-order valence-electron chi connectivity index (χ4n) is 2.52. The number of nitro groups is 1. The van der Waals surface area contributed by atoms with Gasteiger partial charge >= 0.3 is 0 Å². The second-order valence-electron chi connectivity index (χ2n) is 5.77. The van der Waals surface area contributed by atoms with E-state index in [0.29, 0.717) is 24.6 Å². The van der Waals surface area contributed by atoms with Crippen molar-refractivity contribution in [2.75, 3.05) is 13.7 Å². The first-order valence-corrected chi connectivity index (χ1v) is 7.65. The quantitative estimate of drug-likeness (QED) is 0.567. The number of phenolic OH excluding ortho intramolecular Hbond substituents is 1. The molecule has 0 amide bonds. The summed E-state index contributed by atoms with van der Waals surface area (Å²) in [4.78, 5) is 14.8. The van der Waals surface area contributed by atoms with Crippen molar-refractivity contribution in [1.82, 2.24) is 14.9 Å². The molecule has 1 aromatic heterocycles. The third-order valence-corrected chi connectivity index (χ3v) is 3.82. The van der Waals surface area contributed by atoms with Crippen molar-refractivity contribution >= 4 is 5.69 Å². The molecular formula is C16H22N4O4. The monoisotopic (exact) mass is 334 g/mol. The lowest BCUT2D eigenvalue weighted by Crippen LogP contribution is -2.24. The summed E-state index contributed by atoms with van der Waals surface area (Å²) < 4.78 is 7.09. The van der Waals surface area contributed by atoms with E-state index in [4.69, 9.17) is 4.74 Å². The summed E-state index contributed by atoms with van der Waals surface area (Å²) in [6, 6.07) is 2.61. The molecule has 0 fully saturated rings. The number of nitro benzene ring substituents is 1. The van der Waals surface area contributed by atoms with Crippen molar-refractivity contribution in [2.24, 2.45) is 5.92 Å². The van der Waals surface area contributed by atoms with E-state index in [9.17, 15) is 15.2 Å². The molecule has 0 aliphatic rings. The number of benzene rings is 1. The molecule has 0 radical (unpaired) electrons. The van der Waals surface area contributed by atoms with Crippen LogP contribution in [0.5, 0.6) is 11.5 Å². The number of aromatic hydroxyl groups is 1. The summed E-state index contributed by atoms with van der Waals surface area (Å²) in [5.74, 6) is 1.27. The van der Waals surface area contributed by atoms with E-state index in [1.807, 2.05) is 13.1 Å². The summed E-state index contributed by atoms with van der Waals surface area (Å²) in [5.41, 5.74) is 0.347. The third-order valence-electron chi connectivity index (χ3n) is 3.82. The largest absolute Gasteiger partial charge is 0.504 e. The highest BCUT2D eigenvalue weighted by molar-refractivity contribution is 5.53. The first kappa shape index (κ1) is 17.7. The maximum atomic E-state index is 11.1. The zero-order valence-corrected chi connectivity index (χ0v) is 14.0. The fraction of sp³-hybridized carbons (Fsp3) is 0.438. The van der Waals surface area contributed by atoms with Crippen LogP contribution in [0, 0.1) is 23.0 Å². The van der Waals surface area contributed by atoms with Gasteiger partial charge in [0, 0.05) is 31.0 Å². The third kappa shape index (κ3) is 4.23. The maximum absolute atomic E-state index is 11.1. The van der Waals surface area contributed by atoms with Crippen molar-refractivity contribution in [1.29, 1.82) is 0 Å². The summed E-state index contributed by atoms with van der Waals surface area (Å²) in [6.45, 7) is 5.88. The van der Waals surface area contributed by atoms with E-state index >= 15 is 0 Å². The van der Waals surface area contributed by atoms with Crippen molar-refractivity contribution in [3.8, 4) is 11.5 Å².